The Hall–Kier alpha value is -1.55. The lowest BCUT2D eigenvalue weighted by atomic mass is 10.2. The summed E-state index contributed by atoms with van der Waals surface area (Å²) in [4.78, 5) is 12.0. The van der Waals surface area contributed by atoms with Gasteiger partial charge in [-0.1, -0.05) is 13.0 Å². The molecule has 4 heteroatoms. The van der Waals surface area contributed by atoms with Crippen LogP contribution in [0.3, 0.4) is 0 Å². The first kappa shape index (κ1) is 13.9. The molecule has 19 heavy (non-hydrogen) atoms. The molecule has 0 aliphatic carbocycles. The van der Waals surface area contributed by atoms with Crippen molar-refractivity contribution >= 4 is 11.6 Å². The van der Waals surface area contributed by atoms with Gasteiger partial charge in [-0.2, -0.15) is 0 Å². The van der Waals surface area contributed by atoms with Crippen molar-refractivity contribution in [3.63, 3.8) is 0 Å². The van der Waals surface area contributed by atoms with Crippen LogP contribution in [0.15, 0.2) is 24.3 Å². The van der Waals surface area contributed by atoms with E-state index in [9.17, 15) is 4.79 Å². The first-order chi connectivity index (χ1) is 9.19. The second-order valence-corrected chi connectivity index (χ2v) is 5.00. The van der Waals surface area contributed by atoms with Crippen molar-refractivity contribution in [2.75, 3.05) is 11.9 Å². The molecule has 1 fully saturated rings. The van der Waals surface area contributed by atoms with Gasteiger partial charge in [0.25, 0.3) is 0 Å². The summed E-state index contributed by atoms with van der Waals surface area (Å²) in [6.07, 6.45) is 3.12. The Bertz CT molecular complexity index is 428. The first-order valence-corrected chi connectivity index (χ1v) is 7.00. The predicted octanol–water partition coefficient (Wildman–Crippen LogP) is 2.55. The fourth-order valence-electron chi connectivity index (χ4n) is 2.10. The van der Waals surface area contributed by atoms with Crippen LogP contribution in [0.4, 0.5) is 5.69 Å². The number of amides is 1. The van der Waals surface area contributed by atoms with Gasteiger partial charge in [-0.15, -0.1) is 0 Å². The maximum atomic E-state index is 12.0. The minimum Gasteiger partial charge on any atom is -0.491 e. The third-order valence-corrected chi connectivity index (χ3v) is 3.39. The zero-order valence-electron chi connectivity index (χ0n) is 11.6. The second kappa shape index (κ2) is 6.57. The van der Waals surface area contributed by atoms with Gasteiger partial charge in [0.1, 0.15) is 5.75 Å². The van der Waals surface area contributed by atoms with E-state index in [1.807, 2.05) is 31.2 Å². The zero-order chi connectivity index (χ0) is 13.7. The van der Waals surface area contributed by atoms with Crippen LogP contribution in [0.2, 0.25) is 0 Å². The molecule has 104 valence electrons. The maximum absolute atomic E-state index is 12.0. The summed E-state index contributed by atoms with van der Waals surface area (Å²) in [5, 5.41) is 6.12. The number of benzene rings is 1. The van der Waals surface area contributed by atoms with Crippen molar-refractivity contribution in [3.8, 4) is 5.75 Å². The molecule has 0 spiro atoms. The molecule has 1 aromatic rings. The molecule has 0 aromatic heterocycles. The van der Waals surface area contributed by atoms with Gasteiger partial charge in [0.15, 0.2) is 0 Å². The van der Waals surface area contributed by atoms with Crippen LogP contribution in [-0.2, 0) is 4.79 Å². The minimum atomic E-state index is -0.0564. The Morgan fingerprint density at radius 2 is 2.42 bits per heavy atom. The Morgan fingerprint density at radius 1 is 1.58 bits per heavy atom. The van der Waals surface area contributed by atoms with Gasteiger partial charge in [0.05, 0.1) is 12.1 Å². The molecule has 1 amide bonds. The smallest absolute Gasteiger partial charge is 0.241 e. The maximum Gasteiger partial charge on any atom is 0.241 e. The van der Waals surface area contributed by atoms with Crippen molar-refractivity contribution in [1.29, 1.82) is 0 Å². The lowest BCUT2D eigenvalue weighted by Gasteiger charge is -2.15. The number of ether oxygens (including phenoxy) is 1. The SMILES string of the molecule is CCC(C)Oc1cccc(NC(=O)C2CCCN2)c1. The van der Waals surface area contributed by atoms with E-state index in [0.29, 0.717) is 0 Å². The second-order valence-electron chi connectivity index (χ2n) is 5.00. The quantitative estimate of drug-likeness (QED) is 0.857. The number of carbonyl (C=O) groups excluding carboxylic acids is 1. The van der Waals surface area contributed by atoms with E-state index in [1.54, 1.807) is 0 Å². The van der Waals surface area contributed by atoms with Crippen LogP contribution in [0.1, 0.15) is 33.1 Å². The Morgan fingerprint density at radius 3 is 3.11 bits per heavy atom. The average molecular weight is 262 g/mol. The molecule has 0 bridgehead atoms. The van der Waals surface area contributed by atoms with Gasteiger partial charge in [0, 0.05) is 11.8 Å². The molecular weight excluding hydrogens is 240 g/mol. The van der Waals surface area contributed by atoms with E-state index in [-0.39, 0.29) is 18.1 Å². The van der Waals surface area contributed by atoms with Crippen molar-refractivity contribution in [2.24, 2.45) is 0 Å². The monoisotopic (exact) mass is 262 g/mol. The molecule has 4 nitrogen and oxygen atoms in total. The minimum absolute atomic E-state index is 0.0400. The largest absolute Gasteiger partial charge is 0.491 e. The highest BCUT2D eigenvalue weighted by Crippen LogP contribution is 2.20. The third-order valence-electron chi connectivity index (χ3n) is 3.39. The van der Waals surface area contributed by atoms with Gasteiger partial charge in [0.2, 0.25) is 5.91 Å². The van der Waals surface area contributed by atoms with E-state index in [1.165, 1.54) is 0 Å². The fraction of sp³-hybridized carbons (Fsp3) is 0.533. The van der Waals surface area contributed by atoms with Gasteiger partial charge in [-0.3, -0.25) is 4.79 Å². The van der Waals surface area contributed by atoms with E-state index in [2.05, 4.69) is 17.6 Å². The molecule has 2 rings (SSSR count). The number of rotatable bonds is 5. The van der Waals surface area contributed by atoms with E-state index in [4.69, 9.17) is 4.74 Å². The number of carbonyl (C=O) groups is 1. The van der Waals surface area contributed by atoms with Crippen LogP contribution in [0, 0.1) is 0 Å². The highest BCUT2D eigenvalue weighted by Gasteiger charge is 2.21. The lowest BCUT2D eigenvalue weighted by molar-refractivity contribution is -0.117. The van der Waals surface area contributed by atoms with Crippen LogP contribution in [0.5, 0.6) is 5.75 Å². The van der Waals surface area contributed by atoms with E-state index in [0.717, 1.165) is 37.2 Å². The molecular formula is C15H22N2O2. The summed E-state index contributed by atoms with van der Waals surface area (Å²) in [5.74, 6) is 0.838. The standard InChI is InChI=1S/C15H22N2O2/c1-3-11(2)19-13-7-4-6-12(10-13)17-15(18)14-8-5-9-16-14/h4,6-7,10-11,14,16H,3,5,8-9H2,1-2H3,(H,17,18). The van der Waals surface area contributed by atoms with Gasteiger partial charge >= 0.3 is 0 Å². The van der Waals surface area contributed by atoms with Crippen molar-refractivity contribution in [2.45, 2.75) is 45.3 Å². The molecule has 1 aliphatic rings. The number of hydrogen-bond acceptors (Lipinski definition) is 3. The number of nitrogens with one attached hydrogen (secondary N) is 2. The highest BCUT2D eigenvalue weighted by molar-refractivity contribution is 5.95. The summed E-state index contributed by atoms with van der Waals surface area (Å²) < 4.78 is 5.74. The Labute approximate surface area is 114 Å². The van der Waals surface area contributed by atoms with Gasteiger partial charge in [-0.25, -0.2) is 0 Å². The summed E-state index contributed by atoms with van der Waals surface area (Å²) in [7, 11) is 0. The molecule has 0 radical (unpaired) electrons. The molecule has 1 saturated heterocycles. The summed E-state index contributed by atoms with van der Waals surface area (Å²) in [6, 6.07) is 7.51. The number of anilines is 1. The molecule has 0 saturated carbocycles. The van der Waals surface area contributed by atoms with Crippen molar-refractivity contribution in [1.82, 2.24) is 5.32 Å². The van der Waals surface area contributed by atoms with Gasteiger partial charge < -0.3 is 15.4 Å². The fourth-order valence-corrected chi connectivity index (χ4v) is 2.10. The topological polar surface area (TPSA) is 50.4 Å². The summed E-state index contributed by atoms with van der Waals surface area (Å²) in [5.41, 5.74) is 0.791. The van der Waals surface area contributed by atoms with Crippen LogP contribution in [-0.4, -0.2) is 24.6 Å². The molecule has 1 heterocycles. The Kier molecular flexibility index (Phi) is 4.80. The van der Waals surface area contributed by atoms with Crippen molar-refractivity contribution < 1.29 is 9.53 Å². The molecule has 1 aliphatic heterocycles. The molecule has 1 aromatic carbocycles. The number of hydrogen-bond donors (Lipinski definition) is 2. The van der Waals surface area contributed by atoms with Crippen LogP contribution >= 0.6 is 0 Å². The normalized spacial score (nSPS) is 20.0. The van der Waals surface area contributed by atoms with Gasteiger partial charge in [-0.05, 0) is 44.9 Å². The summed E-state index contributed by atoms with van der Waals surface area (Å²) in [6.45, 7) is 5.05. The van der Waals surface area contributed by atoms with E-state index >= 15 is 0 Å². The van der Waals surface area contributed by atoms with Crippen LogP contribution < -0.4 is 15.4 Å². The lowest BCUT2D eigenvalue weighted by Crippen LogP contribution is -2.35. The zero-order valence-corrected chi connectivity index (χ0v) is 11.6. The molecule has 2 atom stereocenters. The third kappa shape index (κ3) is 3.96. The highest BCUT2D eigenvalue weighted by atomic mass is 16.5. The Balaban J connectivity index is 1.96. The van der Waals surface area contributed by atoms with Crippen LogP contribution in [0.25, 0.3) is 0 Å². The summed E-state index contributed by atoms with van der Waals surface area (Å²) >= 11 is 0. The van der Waals surface area contributed by atoms with Crippen molar-refractivity contribution in [3.05, 3.63) is 24.3 Å². The van der Waals surface area contributed by atoms with E-state index < -0.39 is 0 Å². The molecule has 2 N–H and O–H groups in total. The molecule has 2 unspecified atom stereocenters. The average Bonchev–Trinajstić information content (AvgIpc) is 2.93. The predicted molar refractivity (Wildman–Crippen MR) is 76.5 cm³/mol. The first-order valence-electron chi connectivity index (χ1n) is 7.00.